The fourth-order valence-corrected chi connectivity index (χ4v) is 5.63. The SMILES string of the molecule is C1=CC2=C(CC1)C(CSc1ccccc1C1=NCCCN1)c1ccccc12. The van der Waals surface area contributed by atoms with Gasteiger partial charge in [-0.25, -0.2) is 0 Å². The van der Waals surface area contributed by atoms with E-state index in [1.54, 1.807) is 5.57 Å². The molecule has 1 N–H and O–H groups in total. The number of thioether (sulfide) groups is 1. The molecule has 27 heavy (non-hydrogen) atoms. The van der Waals surface area contributed by atoms with Crippen molar-refractivity contribution < 1.29 is 0 Å². The predicted octanol–water partition coefficient (Wildman–Crippen LogP) is 5.42. The Hall–Kier alpha value is -2.26. The van der Waals surface area contributed by atoms with Crippen LogP contribution in [0.5, 0.6) is 0 Å². The second kappa shape index (κ2) is 7.40. The maximum Gasteiger partial charge on any atom is 0.129 e. The summed E-state index contributed by atoms with van der Waals surface area (Å²) in [6.45, 7) is 1.95. The van der Waals surface area contributed by atoms with Gasteiger partial charge in [0.2, 0.25) is 0 Å². The van der Waals surface area contributed by atoms with Gasteiger partial charge in [0.15, 0.2) is 0 Å². The number of hydrogen-bond acceptors (Lipinski definition) is 3. The Labute approximate surface area is 165 Å². The summed E-state index contributed by atoms with van der Waals surface area (Å²) in [6.07, 6.45) is 8.17. The number of amidine groups is 1. The molecule has 136 valence electrons. The van der Waals surface area contributed by atoms with E-state index >= 15 is 0 Å². The van der Waals surface area contributed by atoms with E-state index in [0.29, 0.717) is 5.92 Å². The molecule has 3 heteroatoms. The normalized spacial score (nSPS) is 20.7. The van der Waals surface area contributed by atoms with Crippen LogP contribution >= 0.6 is 11.8 Å². The molecular weight excluding hydrogens is 348 g/mol. The number of fused-ring (bicyclic) bond motifs is 2. The zero-order chi connectivity index (χ0) is 18.1. The van der Waals surface area contributed by atoms with Gasteiger partial charge in [0, 0.05) is 35.2 Å². The monoisotopic (exact) mass is 372 g/mol. The first kappa shape index (κ1) is 16.9. The average molecular weight is 373 g/mol. The van der Waals surface area contributed by atoms with Gasteiger partial charge in [-0.2, -0.15) is 0 Å². The molecule has 2 aromatic rings. The Bertz CT molecular complexity index is 954. The zero-order valence-corrected chi connectivity index (χ0v) is 16.3. The Balaban J connectivity index is 1.43. The van der Waals surface area contributed by atoms with Crippen molar-refractivity contribution in [1.29, 1.82) is 0 Å². The number of aliphatic imine (C=N–C) groups is 1. The summed E-state index contributed by atoms with van der Waals surface area (Å²) in [6, 6.07) is 17.7. The average Bonchev–Trinajstić information content (AvgIpc) is 3.07. The van der Waals surface area contributed by atoms with Crippen LogP contribution in [-0.4, -0.2) is 24.7 Å². The van der Waals surface area contributed by atoms with Gasteiger partial charge in [0.25, 0.3) is 0 Å². The van der Waals surface area contributed by atoms with Crippen molar-refractivity contribution in [3.05, 3.63) is 82.9 Å². The minimum atomic E-state index is 0.528. The first-order valence-corrected chi connectivity index (χ1v) is 10.9. The second-order valence-electron chi connectivity index (χ2n) is 7.34. The molecule has 0 fully saturated rings. The minimum absolute atomic E-state index is 0.528. The topological polar surface area (TPSA) is 24.4 Å². The van der Waals surface area contributed by atoms with E-state index in [1.807, 2.05) is 11.8 Å². The highest BCUT2D eigenvalue weighted by Crippen LogP contribution is 2.48. The van der Waals surface area contributed by atoms with Crippen molar-refractivity contribution in [1.82, 2.24) is 5.32 Å². The lowest BCUT2D eigenvalue weighted by molar-refractivity contribution is 0.741. The Kier molecular flexibility index (Phi) is 4.62. The number of rotatable bonds is 4. The van der Waals surface area contributed by atoms with E-state index in [0.717, 1.165) is 31.1 Å². The maximum absolute atomic E-state index is 4.72. The second-order valence-corrected chi connectivity index (χ2v) is 8.40. The Morgan fingerprint density at radius 1 is 1.04 bits per heavy atom. The van der Waals surface area contributed by atoms with Crippen molar-refractivity contribution >= 4 is 23.2 Å². The van der Waals surface area contributed by atoms with Gasteiger partial charge in [-0.05, 0) is 42.0 Å². The minimum Gasteiger partial charge on any atom is -0.370 e. The van der Waals surface area contributed by atoms with Crippen molar-refractivity contribution in [3.63, 3.8) is 0 Å². The third kappa shape index (κ3) is 3.14. The summed E-state index contributed by atoms with van der Waals surface area (Å²) in [5.41, 5.74) is 7.32. The van der Waals surface area contributed by atoms with Crippen LogP contribution in [0.15, 0.2) is 76.1 Å². The Morgan fingerprint density at radius 2 is 1.89 bits per heavy atom. The quantitative estimate of drug-likeness (QED) is 0.725. The molecule has 1 atom stereocenters. The summed E-state index contributed by atoms with van der Waals surface area (Å²) in [4.78, 5) is 6.05. The highest BCUT2D eigenvalue weighted by molar-refractivity contribution is 7.99. The van der Waals surface area contributed by atoms with Gasteiger partial charge in [0.1, 0.15) is 5.84 Å². The molecular formula is C24H24N2S. The Morgan fingerprint density at radius 3 is 2.78 bits per heavy atom. The van der Waals surface area contributed by atoms with Crippen LogP contribution in [0.25, 0.3) is 5.57 Å². The number of nitrogens with one attached hydrogen (secondary N) is 1. The molecule has 0 spiro atoms. The standard InChI is InChI=1S/C24H24N2S/c1-3-10-19-17(8-1)18-9-2-4-11-20(18)22(19)16-27-23-13-6-5-12-21(23)24-25-14-7-15-26-24/h1-3,5-6,8-10,12-13,22H,4,7,11,14-16H2,(H,25,26). The van der Waals surface area contributed by atoms with Gasteiger partial charge < -0.3 is 5.32 Å². The molecule has 0 saturated carbocycles. The zero-order valence-electron chi connectivity index (χ0n) is 15.4. The summed E-state index contributed by atoms with van der Waals surface area (Å²) in [5.74, 6) is 2.69. The van der Waals surface area contributed by atoms with E-state index in [9.17, 15) is 0 Å². The molecule has 0 aromatic heterocycles. The van der Waals surface area contributed by atoms with E-state index in [4.69, 9.17) is 4.99 Å². The number of nitrogens with zero attached hydrogens (tertiary/aromatic N) is 1. The maximum atomic E-state index is 4.72. The van der Waals surface area contributed by atoms with Crippen LogP contribution in [-0.2, 0) is 0 Å². The fourth-order valence-electron chi connectivity index (χ4n) is 4.40. The lowest BCUT2D eigenvalue weighted by Crippen LogP contribution is -2.30. The molecule has 2 nitrogen and oxygen atoms in total. The first-order chi connectivity index (χ1) is 13.4. The predicted molar refractivity (Wildman–Crippen MR) is 116 cm³/mol. The highest BCUT2D eigenvalue weighted by Gasteiger charge is 2.30. The van der Waals surface area contributed by atoms with E-state index in [2.05, 4.69) is 66.0 Å². The molecule has 0 saturated heterocycles. The first-order valence-electron chi connectivity index (χ1n) is 9.91. The molecule has 0 bridgehead atoms. The van der Waals surface area contributed by atoms with E-state index in [-0.39, 0.29) is 0 Å². The summed E-state index contributed by atoms with van der Waals surface area (Å²) in [5, 5.41) is 3.48. The molecule has 1 unspecified atom stereocenters. The van der Waals surface area contributed by atoms with Gasteiger partial charge >= 0.3 is 0 Å². The van der Waals surface area contributed by atoms with Crippen molar-refractivity contribution in [2.75, 3.05) is 18.8 Å². The van der Waals surface area contributed by atoms with E-state index in [1.165, 1.54) is 40.0 Å². The molecule has 2 aromatic carbocycles. The highest BCUT2D eigenvalue weighted by atomic mass is 32.2. The summed E-state index contributed by atoms with van der Waals surface area (Å²) >= 11 is 1.98. The van der Waals surface area contributed by atoms with Crippen molar-refractivity contribution in [3.8, 4) is 0 Å². The van der Waals surface area contributed by atoms with Crippen LogP contribution in [0, 0.1) is 0 Å². The molecule has 1 heterocycles. The van der Waals surface area contributed by atoms with Crippen LogP contribution < -0.4 is 5.32 Å². The number of hydrogen-bond donors (Lipinski definition) is 1. The third-order valence-electron chi connectivity index (χ3n) is 5.70. The van der Waals surface area contributed by atoms with Gasteiger partial charge in [0.05, 0.1) is 0 Å². The molecule has 1 aliphatic heterocycles. The smallest absolute Gasteiger partial charge is 0.129 e. The molecule has 5 rings (SSSR count). The van der Waals surface area contributed by atoms with Gasteiger partial charge in [-0.15, -0.1) is 11.8 Å². The number of allylic oxidation sites excluding steroid dienone is 4. The fraction of sp³-hybridized carbons (Fsp3) is 0.292. The molecule has 3 aliphatic rings. The van der Waals surface area contributed by atoms with Crippen LogP contribution in [0.3, 0.4) is 0 Å². The van der Waals surface area contributed by atoms with Crippen molar-refractivity contribution in [2.24, 2.45) is 4.99 Å². The van der Waals surface area contributed by atoms with Crippen LogP contribution in [0.1, 0.15) is 41.9 Å². The van der Waals surface area contributed by atoms with E-state index < -0.39 is 0 Å². The van der Waals surface area contributed by atoms with Crippen LogP contribution in [0.4, 0.5) is 0 Å². The molecule has 0 amide bonds. The molecule has 2 aliphatic carbocycles. The molecule has 0 radical (unpaired) electrons. The number of benzene rings is 2. The summed E-state index contributed by atoms with van der Waals surface area (Å²) < 4.78 is 0. The van der Waals surface area contributed by atoms with Gasteiger partial charge in [-0.1, -0.05) is 60.2 Å². The lowest BCUT2D eigenvalue weighted by atomic mass is 9.92. The van der Waals surface area contributed by atoms with Crippen molar-refractivity contribution in [2.45, 2.75) is 30.1 Å². The largest absolute Gasteiger partial charge is 0.370 e. The van der Waals surface area contributed by atoms with Gasteiger partial charge in [-0.3, -0.25) is 4.99 Å². The van der Waals surface area contributed by atoms with Crippen LogP contribution in [0.2, 0.25) is 0 Å². The lowest BCUT2D eigenvalue weighted by Gasteiger charge is -2.20. The summed E-state index contributed by atoms with van der Waals surface area (Å²) in [7, 11) is 0. The third-order valence-corrected chi connectivity index (χ3v) is 6.87.